The van der Waals surface area contributed by atoms with Crippen molar-refractivity contribution in [2.45, 2.75) is 59.0 Å². The van der Waals surface area contributed by atoms with E-state index in [2.05, 4.69) is 20.8 Å². The Labute approximate surface area is 109 Å². The molecular weight excluding hydrogens is 232 g/mol. The summed E-state index contributed by atoms with van der Waals surface area (Å²) in [6, 6.07) is -0.246. The molecule has 0 rings (SSSR count). The normalized spacial score (nSPS) is 14.2. The molecule has 106 valence electrons. The van der Waals surface area contributed by atoms with Gasteiger partial charge in [0.2, 0.25) is 5.91 Å². The molecule has 3 N–H and O–H groups in total. The Morgan fingerprint density at radius 1 is 1.22 bits per heavy atom. The van der Waals surface area contributed by atoms with Gasteiger partial charge in [0.15, 0.2) is 0 Å². The van der Waals surface area contributed by atoms with Gasteiger partial charge in [0.05, 0.1) is 0 Å². The Kier molecular flexibility index (Phi) is 5.35. The minimum atomic E-state index is -1.21. The molecule has 0 heterocycles. The molecule has 0 aromatic rings. The summed E-state index contributed by atoms with van der Waals surface area (Å²) in [4.78, 5) is 24.3. The van der Waals surface area contributed by atoms with E-state index in [9.17, 15) is 9.59 Å². The number of aliphatic carboxylic acids is 1. The van der Waals surface area contributed by atoms with Crippen molar-refractivity contribution in [1.82, 2.24) is 4.90 Å². The second kappa shape index (κ2) is 5.69. The first kappa shape index (κ1) is 16.9. The van der Waals surface area contributed by atoms with Crippen LogP contribution < -0.4 is 5.73 Å². The van der Waals surface area contributed by atoms with E-state index in [0.717, 1.165) is 6.42 Å². The molecule has 0 radical (unpaired) electrons. The lowest BCUT2D eigenvalue weighted by atomic mass is 9.87. The van der Waals surface area contributed by atoms with Crippen molar-refractivity contribution in [1.29, 1.82) is 0 Å². The van der Waals surface area contributed by atoms with Gasteiger partial charge >= 0.3 is 5.97 Å². The van der Waals surface area contributed by atoms with Gasteiger partial charge in [-0.2, -0.15) is 0 Å². The Morgan fingerprint density at radius 2 is 1.67 bits per heavy atom. The molecule has 0 saturated heterocycles. The summed E-state index contributed by atoms with van der Waals surface area (Å²) < 4.78 is 0. The largest absolute Gasteiger partial charge is 0.480 e. The molecule has 0 aliphatic rings. The van der Waals surface area contributed by atoms with Gasteiger partial charge in [-0.05, 0) is 25.7 Å². The standard InChI is InChI=1S/C13H26N2O3/c1-12(2,3)8-9(14)7-10(16)15(6)13(4,5)11(17)18/h9H,7-8,14H2,1-6H3,(H,17,18). The van der Waals surface area contributed by atoms with Crippen LogP contribution in [0.4, 0.5) is 0 Å². The number of amides is 1. The van der Waals surface area contributed by atoms with Crippen LogP contribution in [-0.4, -0.2) is 40.5 Å². The van der Waals surface area contributed by atoms with Crippen molar-refractivity contribution in [2.24, 2.45) is 11.1 Å². The van der Waals surface area contributed by atoms with E-state index < -0.39 is 11.5 Å². The zero-order valence-electron chi connectivity index (χ0n) is 12.3. The van der Waals surface area contributed by atoms with E-state index in [1.165, 1.54) is 25.8 Å². The summed E-state index contributed by atoms with van der Waals surface area (Å²) in [6.45, 7) is 9.18. The van der Waals surface area contributed by atoms with Crippen molar-refractivity contribution in [3.05, 3.63) is 0 Å². The number of carboxylic acid groups (broad SMARTS) is 1. The molecule has 0 saturated carbocycles. The number of carbonyl (C=O) groups excluding carboxylic acids is 1. The van der Waals surface area contributed by atoms with Crippen LogP contribution in [-0.2, 0) is 9.59 Å². The molecule has 0 aliphatic carbocycles. The number of hydrogen-bond donors (Lipinski definition) is 2. The van der Waals surface area contributed by atoms with Crippen LogP contribution in [0.15, 0.2) is 0 Å². The molecule has 0 aromatic carbocycles. The summed E-state index contributed by atoms with van der Waals surface area (Å²) in [5, 5.41) is 9.06. The van der Waals surface area contributed by atoms with E-state index in [1.807, 2.05) is 0 Å². The molecule has 0 spiro atoms. The molecule has 0 fully saturated rings. The summed E-state index contributed by atoms with van der Waals surface area (Å²) in [7, 11) is 1.50. The van der Waals surface area contributed by atoms with Crippen LogP contribution in [0.25, 0.3) is 0 Å². The Morgan fingerprint density at radius 3 is 2.00 bits per heavy atom. The molecule has 1 atom stereocenters. The fourth-order valence-corrected chi connectivity index (χ4v) is 1.68. The van der Waals surface area contributed by atoms with Crippen LogP contribution in [0.3, 0.4) is 0 Å². The quantitative estimate of drug-likeness (QED) is 0.782. The number of rotatable bonds is 5. The van der Waals surface area contributed by atoms with Crippen molar-refractivity contribution >= 4 is 11.9 Å². The average molecular weight is 258 g/mol. The monoisotopic (exact) mass is 258 g/mol. The van der Waals surface area contributed by atoms with E-state index in [4.69, 9.17) is 10.8 Å². The number of nitrogens with zero attached hydrogens (tertiary/aromatic N) is 1. The van der Waals surface area contributed by atoms with Crippen LogP contribution >= 0.6 is 0 Å². The molecule has 18 heavy (non-hydrogen) atoms. The van der Waals surface area contributed by atoms with E-state index in [1.54, 1.807) is 0 Å². The molecule has 5 heteroatoms. The fourth-order valence-electron chi connectivity index (χ4n) is 1.68. The Balaban J connectivity index is 4.55. The fraction of sp³-hybridized carbons (Fsp3) is 0.846. The molecule has 0 aliphatic heterocycles. The molecule has 0 aromatic heterocycles. The first-order valence-electron chi connectivity index (χ1n) is 6.13. The number of carbonyl (C=O) groups is 2. The third-order valence-electron chi connectivity index (χ3n) is 3.05. The molecular formula is C13H26N2O3. The predicted octanol–water partition coefficient (Wildman–Crippen LogP) is 1.46. The first-order chi connectivity index (χ1) is 7.88. The highest BCUT2D eigenvalue weighted by Crippen LogP contribution is 2.22. The SMILES string of the molecule is CN(C(=O)CC(N)CC(C)(C)C)C(C)(C)C(=O)O. The lowest BCUT2D eigenvalue weighted by Crippen LogP contribution is -2.51. The van der Waals surface area contributed by atoms with E-state index in [0.29, 0.717) is 0 Å². The van der Waals surface area contributed by atoms with E-state index >= 15 is 0 Å². The highest BCUT2D eigenvalue weighted by Gasteiger charge is 2.35. The van der Waals surface area contributed by atoms with E-state index in [-0.39, 0.29) is 23.8 Å². The van der Waals surface area contributed by atoms with Gasteiger partial charge < -0.3 is 15.7 Å². The molecule has 5 nitrogen and oxygen atoms in total. The van der Waals surface area contributed by atoms with Crippen LogP contribution in [0.5, 0.6) is 0 Å². The Hall–Kier alpha value is -1.10. The highest BCUT2D eigenvalue weighted by atomic mass is 16.4. The van der Waals surface area contributed by atoms with Gasteiger partial charge in [0, 0.05) is 19.5 Å². The van der Waals surface area contributed by atoms with Gasteiger partial charge in [-0.3, -0.25) is 4.79 Å². The third-order valence-corrected chi connectivity index (χ3v) is 3.05. The topological polar surface area (TPSA) is 83.6 Å². The van der Waals surface area contributed by atoms with Crippen molar-refractivity contribution in [3.63, 3.8) is 0 Å². The van der Waals surface area contributed by atoms with Crippen molar-refractivity contribution < 1.29 is 14.7 Å². The van der Waals surface area contributed by atoms with Gasteiger partial charge in [-0.1, -0.05) is 20.8 Å². The number of likely N-dealkylation sites (N-methyl/N-ethyl adjacent to an activating group) is 1. The Bertz CT molecular complexity index is 319. The zero-order valence-corrected chi connectivity index (χ0v) is 12.3. The summed E-state index contributed by atoms with van der Waals surface area (Å²) in [5.41, 5.74) is 4.77. The van der Waals surface area contributed by atoms with Crippen LogP contribution in [0.2, 0.25) is 0 Å². The molecule has 0 bridgehead atoms. The smallest absolute Gasteiger partial charge is 0.329 e. The van der Waals surface area contributed by atoms with Crippen molar-refractivity contribution in [2.75, 3.05) is 7.05 Å². The summed E-state index contributed by atoms with van der Waals surface area (Å²) >= 11 is 0. The third kappa shape index (κ3) is 5.04. The maximum Gasteiger partial charge on any atom is 0.329 e. The molecule has 1 unspecified atom stereocenters. The first-order valence-corrected chi connectivity index (χ1v) is 6.13. The van der Waals surface area contributed by atoms with Gasteiger partial charge in [-0.15, -0.1) is 0 Å². The van der Waals surface area contributed by atoms with Crippen LogP contribution in [0.1, 0.15) is 47.5 Å². The maximum absolute atomic E-state index is 12.0. The summed E-state index contributed by atoms with van der Waals surface area (Å²) in [6.07, 6.45) is 0.893. The van der Waals surface area contributed by atoms with Gasteiger partial charge in [0.1, 0.15) is 5.54 Å². The number of nitrogens with two attached hydrogens (primary N) is 1. The van der Waals surface area contributed by atoms with Crippen molar-refractivity contribution in [3.8, 4) is 0 Å². The number of carboxylic acids is 1. The second-order valence-electron chi connectivity index (χ2n) is 6.55. The van der Waals surface area contributed by atoms with Crippen LogP contribution in [0, 0.1) is 5.41 Å². The minimum Gasteiger partial charge on any atom is -0.480 e. The van der Waals surface area contributed by atoms with Gasteiger partial charge in [0.25, 0.3) is 0 Å². The summed E-state index contributed by atoms with van der Waals surface area (Å²) in [5.74, 6) is -1.26. The number of hydrogen-bond acceptors (Lipinski definition) is 3. The van der Waals surface area contributed by atoms with Gasteiger partial charge in [-0.25, -0.2) is 4.79 Å². The predicted molar refractivity (Wildman–Crippen MR) is 71.1 cm³/mol. The lowest BCUT2D eigenvalue weighted by Gasteiger charge is -2.33. The lowest BCUT2D eigenvalue weighted by molar-refractivity contribution is -0.155. The minimum absolute atomic E-state index is 0.0561. The zero-order chi connectivity index (χ0) is 14.7. The maximum atomic E-state index is 12.0. The average Bonchev–Trinajstić information content (AvgIpc) is 2.12. The second-order valence-corrected chi connectivity index (χ2v) is 6.55. The molecule has 1 amide bonds. The highest BCUT2D eigenvalue weighted by molar-refractivity contribution is 5.86.